The van der Waals surface area contributed by atoms with E-state index in [1.165, 1.54) is 0 Å². The van der Waals surface area contributed by atoms with E-state index in [1.807, 2.05) is 12.1 Å². The number of aliphatic hydroxyl groups is 1. The minimum Gasteiger partial charge on any atom is -0.508 e. The molecule has 0 bridgehead atoms. The highest BCUT2D eigenvalue weighted by molar-refractivity contribution is 5.46. The Labute approximate surface area is 145 Å². The zero-order chi connectivity index (χ0) is 17.3. The number of rotatable bonds is 0. The van der Waals surface area contributed by atoms with Crippen molar-refractivity contribution in [1.82, 2.24) is 0 Å². The Kier molecular flexibility index (Phi) is 3.32. The summed E-state index contributed by atoms with van der Waals surface area (Å²) in [5, 5.41) is 20.9. The Hall–Kier alpha value is -1.22. The van der Waals surface area contributed by atoms with Crippen LogP contribution < -0.4 is 4.74 Å². The van der Waals surface area contributed by atoms with Crippen LogP contribution in [0.4, 0.5) is 0 Å². The van der Waals surface area contributed by atoms with Gasteiger partial charge >= 0.3 is 0 Å². The Balaban J connectivity index is 1.79. The summed E-state index contributed by atoms with van der Waals surface area (Å²) in [6.45, 7) is 9.13. The molecule has 1 aromatic rings. The van der Waals surface area contributed by atoms with Crippen molar-refractivity contribution in [3.63, 3.8) is 0 Å². The van der Waals surface area contributed by atoms with Crippen LogP contribution in [0.25, 0.3) is 0 Å². The van der Waals surface area contributed by atoms with E-state index < -0.39 is 0 Å². The third-order valence-electron chi connectivity index (χ3n) is 7.83. The van der Waals surface area contributed by atoms with Crippen molar-refractivity contribution in [2.75, 3.05) is 0 Å². The van der Waals surface area contributed by atoms with Gasteiger partial charge in [-0.3, -0.25) is 0 Å². The van der Waals surface area contributed by atoms with E-state index in [2.05, 4.69) is 27.7 Å². The second kappa shape index (κ2) is 4.91. The average Bonchev–Trinajstić information content (AvgIpc) is 2.50. The summed E-state index contributed by atoms with van der Waals surface area (Å²) in [7, 11) is 0. The van der Waals surface area contributed by atoms with Crippen LogP contribution in [0.5, 0.6) is 11.5 Å². The van der Waals surface area contributed by atoms with Crippen LogP contribution >= 0.6 is 0 Å². The van der Waals surface area contributed by atoms with Gasteiger partial charge in [0, 0.05) is 11.5 Å². The molecule has 0 amide bonds. The predicted octanol–water partition coefficient (Wildman–Crippen LogP) is 4.30. The standard InChI is InChI=1S/C21H30O3/c1-19(2)16-8-11-21(4)17(20(16,3)10-9-18(19)23)12-13-14(22)6-5-7-15(13)24-21/h5-7,16-18,22-23H,8-12H2,1-4H3. The summed E-state index contributed by atoms with van der Waals surface area (Å²) in [5.74, 6) is 2.07. The van der Waals surface area contributed by atoms with E-state index in [9.17, 15) is 10.2 Å². The monoisotopic (exact) mass is 330 g/mol. The van der Waals surface area contributed by atoms with Crippen LogP contribution in [0.3, 0.4) is 0 Å². The summed E-state index contributed by atoms with van der Waals surface area (Å²) < 4.78 is 6.49. The van der Waals surface area contributed by atoms with Crippen LogP contribution in [0, 0.1) is 22.7 Å². The lowest BCUT2D eigenvalue weighted by Gasteiger charge is -2.64. The summed E-state index contributed by atoms with van der Waals surface area (Å²) in [4.78, 5) is 0. The van der Waals surface area contributed by atoms with Gasteiger partial charge in [-0.05, 0) is 67.9 Å². The number of hydrogen-bond donors (Lipinski definition) is 2. The molecule has 4 rings (SSSR count). The third-order valence-corrected chi connectivity index (χ3v) is 7.83. The van der Waals surface area contributed by atoms with E-state index in [0.29, 0.717) is 17.6 Å². The maximum absolute atomic E-state index is 10.6. The number of hydrogen-bond acceptors (Lipinski definition) is 3. The molecule has 2 aliphatic carbocycles. The highest BCUT2D eigenvalue weighted by Gasteiger charge is 2.62. The summed E-state index contributed by atoms with van der Waals surface area (Å²) in [6, 6.07) is 5.62. The number of benzene rings is 1. The van der Waals surface area contributed by atoms with Crippen molar-refractivity contribution < 1.29 is 14.9 Å². The molecule has 2 fully saturated rings. The van der Waals surface area contributed by atoms with Crippen molar-refractivity contribution >= 4 is 0 Å². The normalized spacial score (nSPS) is 43.1. The Morgan fingerprint density at radius 1 is 1.04 bits per heavy atom. The van der Waals surface area contributed by atoms with Gasteiger partial charge in [0.2, 0.25) is 0 Å². The van der Waals surface area contributed by atoms with Crippen molar-refractivity contribution in [2.24, 2.45) is 22.7 Å². The lowest BCUT2D eigenvalue weighted by atomic mass is 9.44. The van der Waals surface area contributed by atoms with Crippen molar-refractivity contribution in [1.29, 1.82) is 0 Å². The van der Waals surface area contributed by atoms with Gasteiger partial charge in [0.05, 0.1) is 6.10 Å². The fourth-order valence-corrected chi connectivity index (χ4v) is 6.38. The van der Waals surface area contributed by atoms with Crippen molar-refractivity contribution in [3.8, 4) is 11.5 Å². The van der Waals surface area contributed by atoms with E-state index in [4.69, 9.17) is 4.74 Å². The maximum atomic E-state index is 10.6. The zero-order valence-corrected chi connectivity index (χ0v) is 15.3. The van der Waals surface area contributed by atoms with Gasteiger partial charge in [-0.2, -0.15) is 0 Å². The van der Waals surface area contributed by atoms with E-state index in [1.54, 1.807) is 6.07 Å². The molecule has 0 aromatic heterocycles. The molecule has 1 aromatic carbocycles. The minimum atomic E-state index is -0.217. The average molecular weight is 330 g/mol. The highest BCUT2D eigenvalue weighted by atomic mass is 16.5. The predicted molar refractivity (Wildman–Crippen MR) is 94.2 cm³/mol. The Morgan fingerprint density at radius 3 is 2.54 bits per heavy atom. The first kappa shape index (κ1) is 16.3. The molecule has 3 nitrogen and oxygen atoms in total. The van der Waals surface area contributed by atoms with Gasteiger partial charge in [-0.15, -0.1) is 0 Å². The Morgan fingerprint density at radius 2 is 1.79 bits per heavy atom. The minimum absolute atomic E-state index is 0.0622. The molecule has 0 saturated heterocycles. The molecular weight excluding hydrogens is 300 g/mol. The molecule has 3 heteroatoms. The van der Waals surface area contributed by atoms with Crippen LogP contribution in [-0.4, -0.2) is 21.9 Å². The second-order valence-corrected chi connectivity index (χ2v) is 9.40. The fourth-order valence-electron chi connectivity index (χ4n) is 6.38. The first-order valence-electron chi connectivity index (χ1n) is 9.36. The number of aliphatic hydroxyl groups excluding tert-OH is 1. The number of ether oxygens (including phenoxy) is 1. The number of aromatic hydroxyl groups is 1. The van der Waals surface area contributed by atoms with Gasteiger partial charge in [0.1, 0.15) is 17.1 Å². The van der Waals surface area contributed by atoms with E-state index in [-0.39, 0.29) is 22.5 Å². The van der Waals surface area contributed by atoms with Gasteiger partial charge < -0.3 is 14.9 Å². The number of phenolic OH excluding ortho intramolecular Hbond substituents is 1. The van der Waals surface area contributed by atoms with Crippen LogP contribution in [-0.2, 0) is 6.42 Å². The smallest absolute Gasteiger partial charge is 0.127 e. The lowest BCUT2D eigenvalue weighted by molar-refractivity contribution is -0.191. The molecule has 0 radical (unpaired) electrons. The molecule has 1 aliphatic heterocycles. The lowest BCUT2D eigenvalue weighted by Crippen LogP contribution is -2.63. The van der Waals surface area contributed by atoms with Gasteiger partial charge in [-0.25, -0.2) is 0 Å². The number of fused-ring (bicyclic) bond motifs is 4. The molecule has 0 spiro atoms. The highest BCUT2D eigenvalue weighted by Crippen LogP contribution is 2.64. The summed E-state index contributed by atoms with van der Waals surface area (Å²) in [5.41, 5.74) is 0.860. The topological polar surface area (TPSA) is 49.7 Å². The van der Waals surface area contributed by atoms with Gasteiger partial charge in [0.15, 0.2) is 0 Å². The zero-order valence-electron chi connectivity index (χ0n) is 15.3. The molecule has 24 heavy (non-hydrogen) atoms. The van der Waals surface area contributed by atoms with E-state index in [0.717, 1.165) is 43.4 Å². The first-order valence-corrected chi connectivity index (χ1v) is 9.36. The third kappa shape index (κ3) is 2.00. The SMILES string of the molecule is CC12CCC3C(C)(C)C(O)CCC3(C)C1Cc1c(O)cccc1O2. The first-order chi connectivity index (χ1) is 11.2. The molecule has 2 saturated carbocycles. The van der Waals surface area contributed by atoms with Crippen LogP contribution in [0.2, 0.25) is 0 Å². The maximum Gasteiger partial charge on any atom is 0.127 e. The molecule has 2 N–H and O–H groups in total. The molecule has 1 heterocycles. The molecule has 5 atom stereocenters. The van der Waals surface area contributed by atoms with Crippen LogP contribution in [0.1, 0.15) is 58.9 Å². The molecule has 132 valence electrons. The van der Waals surface area contributed by atoms with Gasteiger partial charge in [-0.1, -0.05) is 26.8 Å². The second-order valence-electron chi connectivity index (χ2n) is 9.40. The largest absolute Gasteiger partial charge is 0.508 e. The van der Waals surface area contributed by atoms with E-state index >= 15 is 0 Å². The fraction of sp³-hybridized carbons (Fsp3) is 0.714. The molecule has 3 aliphatic rings. The molecule has 5 unspecified atom stereocenters. The Bertz CT molecular complexity index is 667. The van der Waals surface area contributed by atoms with Crippen molar-refractivity contribution in [2.45, 2.75) is 71.5 Å². The van der Waals surface area contributed by atoms with Gasteiger partial charge in [0.25, 0.3) is 0 Å². The summed E-state index contributed by atoms with van der Waals surface area (Å²) in [6.07, 6.45) is 4.67. The number of phenols is 1. The molecular formula is C21H30O3. The summed E-state index contributed by atoms with van der Waals surface area (Å²) >= 11 is 0. The van der Waals surface area contributed by atoms with Crippen LogP contribution in [0.15, 0.2) is 18.2 Å². The van der Waals surface area contributed by atoms with Crippen molar-refractivity contribution in [3.05, 3.63) is 23.8 Å². The quantitative estimate of drug-likeness (QED) is 0.746.